The number of aryl methyl sites for hydroxylation is 2. The van der Waals surface area contributed by atoms with E-state index in [4.69, 9.17) is 0 Å². The molecule has 0 saturated heterocycles. The maximum atomic E-state index is 4.36. The molecule has 4 nitrogen and oxygen atoms in total. The Hall–Kier alpha value is -2.23. The second-order valence-corrected chi connectivity index (χ2v) is 5.36. The Bertz CT molecular complexity index is 613. The van der Waals surface area contributed by atoms with Crippen LogP contribution in [0.3, 0.4) is 0 Å². The third-order valence-corrected chi connectivity index (χ3v) is 3.56. The summed E-state index contributed by atoms with van der Waals surface area (Å²) < 4.78 is 2.13. The van der Waals surface area contributed by atoms with Crippen molar-refractivity contribution in [3.63, 3.8) is 0 Å². The molecule has 21 heavy (non-hydrogen) atoms. The summed E-state index contributed by atoms with van der Waals surface area (Å²) in [5, 5.41) is 3.41. The van der Waals surface area contributed by atoms with Gasteiger partial charge in [0.2, 0.25) is 0 Å². The molecule has 1 aromatic carbocycles. The topological polar surface area (TPSA) is 32.6 Å². The first-order valence-electron chi connectivity index (χ1n) is 7.17. The number of hydrogen-bond acceptors (Lipinski definition) is 1. The molecule has 0 aliphatic carbocycles. The number of rotatable bonds is 4. The Morgan fingerprint density at radius 1 is 1.29 bits per heavy atom. The minimum atomic E-state index is 0.784. The lowest BCUT2D eigenvalue weighted by atomic mass is 10.1. The fourth-order valence-electron chi connectivity index (χ4n) is 2.37. The van der Waals surface area contributed by atoms with Crippen molar-refractivity contribution in [1.82, 2.24) is 14.8 Å². The number of hydrogen-bond donors (Lipinski definition) is 1. The van der Waals surface area contributed by atoms with E-state index in [-0.39, 0.29) is 0 Å². The molecule has 0 fully saturated rings. The molecule has 112 valence electrons. The zero-order valence-corrected chi connectivity index (χ0v) is 13.3. The maximum absolute atomic E-state index is 4.36. The summed E-state index contributed by atoms with van der Waals surface area (Å²) in [7, 11) is 5.94. The van der Waals surface area contributed by atoms with Crippen molar-refractivity contribution in [2.24, 2.45) is 12.0 Å². The van der Waals surface area contributed by atoms with Crippen LogP contribution in [0.5, 0.6) is 0 Å². The van der Waals surface area contributed by atoms with Gasteiger partial charge in [-0.15, -0.1) is 0 Å². The quantitative estimate of drug-likeness (QED) is 0.691. The fraction of sp³-hybridized carbons (Fsp3) is 0.353. The molecule has 4 heteroatoms. The van der Waals surface area contributed by atoms with Crippen LogP contribution in [0.15, 0.2) is 47.6 Å². The van der Waals surface area contributed by atoms with E-state index < -0.39 is 0 Å². The molecule has 0 saturated carbocycles. The van der Waals surface area contributed by atoms with Crippen molar-refractivity contribution in [2.45, 2.75) is 20.0 Å². The van der Waals surface area contributed by atoms with Gasteiger partial charge in [-0.3, -0.25) is 4.99 Å². The summed E-state index contributed by atoms with van der Waals surface area (Å²) >= 11 is 0. The van der Waals surface area contributed by atoms with Gasteiger partial charge in [-0.05, 0) is 24.6 Å². The molecule has 0 amide bonds. The van der Waals surface area contributed by atoms with E-state index in [1.807, 2.05) is 7.05 Å². The molecular formula is C17H24N4. The summed E-state index contributed by atoms with van der Waals surface area (Å²) in [6.45, 7) is 3.72. The first kappa shape index (κ1) is 15.2. The highest BCUT2D eigenvalue weighted by Gasteiger charge is 2.08. The Balaban J connectivity index is 1.95. The number of nitrogens with zero attached hydrogens (tertiary/aromatic N) is 3. The van der Waals surface area contributed by atoms with Crippen molar-refractivity contribution < 1.29 is 0 Å². The molecule has 0 unspecified atom stereocenters. The predicted molar refractivity (Wildman–Crippen MR) is 88.3 cm³/mol. The summed E-state index contributed by atoms with van der Waals surface area (Å²) in [5.41, 5.74) is 3.81. The number of aliphatic imine (C=N–C) groups is 1. The lowest BCUT2D eigenvalue weighted by Gasteiger charge is -2.22. The summed E-state index contributed by atoms with van der Waals surface area (Å²) in [4.78, 5) is 6.49. The third kappa shape index (κ3) is 4.12. The van der Waals surface area contributed by atoms with Crippen LogP contribution in [-0.4, -0.2) is 29.5 Å². The summed E-state index contributed by atoms with van der Waals surface area (Å²) in [6.07, 6.45) is 2.06. The van der Waals surface area contributed by atoms with Crippen LogP contribution in [0.1, 0.15) is 16.8 Å². The van der Waals surface area contributed by atoms with Gasteiger partial charge < -0.3 is 14.8 Å². The Morgan fingerprint density at radius 3 is 2.71 bits per heavy atom. The van der Waals surface area contributed by atoms with Crippen LogP contribution in [-0.2, 0) is 20.1 Å². The first-order valence-corrected chi connectivity index (χ1v) is 7.17. The van der Waals surface area contributed by atoms with E-state index >= 15 is 0 Å². The van der Waals surface area contributed by atoms with Gasteiger partial charge in [-0.2, -0.15) is 0 Å². The highest BCUT2D eigenvalue weighted by atomic mass is 15.3. The van der Waals surface area contributed by atoms with E-state index in [0.717, 1.165) is 19.0 Å². The van der Waals surface area contributed by atoms with Gasteiger partial charge in [-0.25, -0.2) is 0 Å². The standard InChI is InChI=1S/C17H24N4/c1-14-7-5-8-15(11-14)12-19-17(18-2)21(4)13-16-9-6-10-20(16)3/h5-11H,12-13H2,1-4H3,(H,18,19). The molecule has 2 aromatic rings. The normalized spacial score (nSPS) is 11.5. The second kappa shape index (κ2) is 6.97. The number of guanidine groups is 1. The van der Waals surface area contributed by atoms with Crippen LogP contribution in [0, 0.1) is 6.92 Å². The van der Waals surface area contributed by atoms with Gasteiger partial charge in [0.05, 0.1) is 6.54 Å². The van der Waals surface area contributed by atoms with Gasteiger partial charge in [0.1, 0.15) is 0 Å². The molecule has 0 spiro atoms. The molecule has 1 heterocycles. The van der Waals surface area contributed by atoms with E-state index in [9.17, 15) is 0 Å². The average molecular weight is 284 g/mol. The molecule has 0 atom stereocenters. The zero-order chi connectivity index (χ0) is 15.2. The Kier molecular flexibility index (Phi) is 5.04. The molecule has 0 radical (unpaired) electrons. The SMILES string of the molecule is CN=C(NCc1cccc(C)c1)N(C)Cc1cccn1C. The van der Waals surface area contributed by atoms with Gasteiger partial charge >= 0.3 is 0 Å². The Labute approximate surface area is 127 Å². The van der Waals surface area contributed by atoms with Crippen molar-refractivity contribution in [2.75, 3.05) is 14.1 Å². The zero-order valence-electron chi connectivity index (χ0n) is 13.3. The first-order chi connectivity index (χ1) is 10.1. The van der Waals surface area contributed by atoms with Crippen LogP contribution >= 0.6 is 0 Å². The largest absolute Gasteiger partial charge is 0.353 e. The molecule has 1 N–H and O–H groups in total. The molecule has 0 aliphatic heterocycles. The van der Waals surface area contributed by atoms with Gasteiger partial charge in [0.25, 0.3) is 0 Å². The highest BCUT2D eigenvalue weighted by molar-refractivity contribution is 5.79. The molecule has 0 bridgehead atoms. The van der Waals surface area contributed by atoms with Crippen LogP contribution < -0.4 is 5.32 Å². The molecule has 2 rings (SSSR count). The van der Waals surface area contributed by atoms with Crippen LogP contribution in [0.4, 0.5) is 0 Å². The monoisotopic (exact) mass is 284 g/mol. The second-order valence-electron chi connectivity index (χ2n) is 5.36. The third-order valence-electron chi connectivity index (χ3n) is 3.56. The minimum absolute atomic E-state index is 0.784. The Morgan fingerprint density at radius 2 is 2.10 bits per heavy atom. The van der Waals surface area contributed by atoms with Crippen LogP contribution in [0.25, 0.3) is 0 Å². The number of nitrogens with one attached hydrogen (secondary N) is 1. The van der Waals surface area contributed by atoms with E-state index in [1.165, 1.54) is 16.8 Å². The fourth-order valence-corrected chi connectivity index (χ4v) is 2.37. The minimum Gasteiger partial charge on any atom is -0.353 e. The molecule has 0 aliphatic rings. The number of benzene rings is 1. The van der Waals surface area contributed by atoms with Gasteiger partial charge in [-0.1, -0.05) is 29.8 Å². The lowest BCUT2D eigenvalue weighted by Crippen LogP contribution is -2.38. The van der Waals surface area contributed by atoms with Gasteiger partial charge in [0.15, 0.2) is 5.96 Å². The van der Waals surface area contributed by atoms with E-state index in [0.29, 0.717) is 0 Å². The van der Waals surface area contributed by atoms with Crippen LogP contribution in [0.2, 0.25) is 0 Å². The summed E-state index contributed by atoms with van der Waals surface area (Å²) in [6, 6.07) is 12.7. The van der Waals surface area contributed by atoms with E-state index in [1.54, 1.807) is 0 Å². The van der Waals surface area contributed by atoms with E-state index in [2.05, 4.69) is 83.4 Å². The molecule has 1 aromatic heterocycles. The smallest absolute Gasteiger partial charge is 0.194 e. The van der Waals surface area contributed by atoms with Crippen molar-refractivity contribution in [1.29, 1.82) is 0 Å². The average Bonchev–Trinajstić information content (AvgIpc) is 2.85. The lowest BCUT2D eigenvalue weighted by molar-refractivity contribution is 0.461. The van der Waals surface area contributed by atoms with Crippen molar-refractivity contribution in [3.8, 4) is 0 Å². The molecular weight excluding hydrogens is 260 g/mol. The predicted octanol–water partition coefficient (Wildman–Crippen LogP) is 2.54. The maximum Gasteiger partial charge on any atom is 0.194 e. The van der Waals surface area contributed by atoms with Crippen molar-refractivity contribution in [3.05, 3.63) is 59.4 Å². The van der Waals surface area contributed by atoms with Crippen molar-refractivity contribution >= 4 is 5.96 Å². The highest BCUT2D eigenvalue weighted by Crippen LogP contribution is 2.06. The summed E-state index contributed by atoms with van der Waals surface area (Å²) in [5.74, 6) is 0.901. The van der Waals surface area contributed by atoms with Gasteiger partial charge in [0, 0.05) is 39.6 Å². The number of aromatic nitrogens is 1.